The Morgan fingerprint density at radius 2 is 2.05 bits per heavy atom. The monoisotopic (exact) mass is 273 g/mol. The van der Waals surface area contributed by atoms with E-state index in [1.807, 2.05) is 54.9 Å². The van der Waals surface area contributed by atoms with Crippen LogP contribution in [0.5, 0.6) is 0 Å². The van der Waals surface area contributed by atoms with E-state index >= 15 is 0 Å². The Morgan fingerprint density at radius 1 is 1.30 bits per heavy atom. The van der Waals surface area contributed by atoms with E-state index in [1.165, 1.54) is 0 Å². The molecule has 0 aliphatic heterocycles. The highest BCUT2D eigenvalue weighted by atomic mass is 16.5. The van der Waals surface area contributed by atoms with Gasteiger partial charge in [0.2, 0.25) is 0 Å². The lowest BCUT2D eigenvalue weighted by Gasteiger charge is -2.08. The zero-order valence-electron chi connectivity index (χ0n) is 11.8. The van der Waals surface area contributed by atoms with Gasteiger partial charge in [0.05, 0.1) is 12.2 Å². The van der Waals surface area contributed by atoms with Crippen molar-refractivity contribution in [3.8, 4) is 0 Å². The molecule has 5 nitrogen and oxygen atoms in total. The molecule has 0 aliphatic carbocycles. The van der Waals surface area contributed by atoms with Gasteiger partial charge in [-0.05, 0) is 25.5 Å². The normalized spacial score (nSPS) is 10.3. The van der Waals surface area contributed by atoms with Crippen LogP contribution in [-0.4, -0.2) is 22.4 Å². The molecule has 0 saturated carbocycles. The number of ether oxygens (including phenoxy) is 1. The SMILES string of the molecule is Cc1cc(C)n(CCNC(=O)OCc2ccccc2)n1. The number of nitrogens with zero attached hydrogens (tertiary/aromatic N) is 2. The quantitative estimate of drug-likeness (QED) is 0.910. The molecule has 0 unspecified atom stereocenters. The lowest BCUT2D eigenvalue weighted by atomic mass is 10.2. The van der Waals surface area contributed by atoms with E-state index in [0.717, 1.165) is 17.0 Å². The van der Waals surface area contributed by atoms with Gasteiger partial charge in [-0.15, -0.1) is 0 Å². The number of rotatable bonds is 5. The maximum Gasteiger partial charge on any atom is 0.407 e. The summed E-state index contributed by atoms with van der Waals surface area (Å²) in [6.45, 7) is 5.36. The van der Waals surface area contributed by atoms with Crippen molar-refractivity contribution in [1.29, 1.82) is 0 Å². The van der Waals surface area contributed by atoms with Crippen molar-refractivity contribution >= 4 is 6.09 Å². The van der Waals surface area contributed by atoms with E-state index in [-0.39, 0.29) is 6.61 Å². The summed E-state index contributed by atoms with van der Waals surface area (Å²) in [6, 6.07) is 11.6. The van der Waals surface area contributed by atoms with Gasteiger partial charge in [-0.3, -0.25) is 4.68 Å². The molecule has 0 saturated heterocycles. The van der Waals surface area contributed by atoms with Crippen LogP contribution in [0.15, 0.2) is 36.4 Å². The molecule has 106 valence electrons. The van der Waals surface area contributed by atoms with Crippen molar-refractivity contribution in [3.63, 3.8) is 0 Å². The predicted octanol–water partition coefficient (Wildman–Crippen LogP) is 2.43. The molecule has 0 atom stereocenters. The maximum absolute atomic E-state index is 11.5. The summed E-state index contributed by atoms with van der Waals surface area (Å²) in [5.74, 6) is 0. The second kappa shape index (κ2) is 6.75. The van der Waals surface area contributed by atoms with Crippen molar-refractivity contribution in [2.75, 3.05) is 6.54 Å². The van der Waals surface area contributed by atoms with Crippen LogP contribution < -0.4 is 5.32 Å². The number of amides is 1. The summed E-state index contributed by atoms with van der Waals surface area (Å²) in [4.78, 5) is 11.5. The number of nitrogens with one attached hydrogen (secondary N) is 1. The number of benzene rings is 1. The lowest BCUT2D eigenvalue weighted by molar-refractivity contribution is 0.139. The van der Waals surface area contributed by atoms with Crippen LogP contribution in [0.4, 0.5) is 4.79 Å². The third-order valence-corrected chi connectivity index (χ3v) is 2.91. The predicted molar refractivity (Wildman–Crippen MR) is 76.3 cm³/mol. The summed E-state index contributed by atoms with van der Waals surface area (Å²) in [5.41, 5.74) is 3.04. The van der Waals surface area contributed by atoms with Crippen LogP contribution >= 0.6 is 0 Å². The van der Waals surface area contributed by atoms with E-state index < -0.39 is 6.09 Å². The molecule has 5 heteroatoms. The highest BCUT2D eigenvalue weighted by Crippen LogP contribution is 2.01. The fraction of sp³-hybridized carbons (Fsp3) is 0.333. The van der Waals surface area contributed by atoms with Crippen molar-refractivity contribution in [3.05, 3.63) is 53.3 Å². The molecule has 2 aromatic rings. The first-order valence-corrected chi connectivity index (χ1v) is 6.61. The molecule has 2 rings (SSSR count). The molecule has 0 radical (unpaired) electrons. The molecule has 0 fully saturated rings. The molecular weight excluding hydrogens is 254 g/mol. The van der Waals surface area contributed by atoms with Crippen LogP contribution in [-0.2, 0) is 17.9 Å². The first-order chi connectivity index (χ1) is 9.65. The first-order valence-electron chi connectivity index (χ1n) is 6.61. The van der Waals surface area contributed by atoms with Crippen LogP contribution in [0.2, 0.25) is 0 Å². The van der Waals surface area contributed by atoms with Gasteiger partial charge in [-0.25, -0.2) is 4.79 Å². The molecule has 20 heavy (non-hydrogen) atoms. The number of carbonyl (C=O) groups excluding carboxylic acids is 1. The zero-order valence-corrected chi connectivity index (χ0v) is 11.8. The number of aromatic nitrogens is 2. The summed E-state index contributed by atoms with van der Waals surface area (Å²) in [7, 11) is 0. The van der Waals surface area contributed by atoms with E-state index in [2.05, 4.69) is 10.4 Å². The number of carbonyl (C=O) groups is 1. The van der Waals surface area contributed by atoms with Gasteiger partial charge in [0.25, 0.3) is 0 Å². The second-order valence-corrected chi connectivity index (χ2v) is 4.64. The van der Waals surface area contributed by atoms with Crippen LogP contribution in [0.25, 0.3) is 0 Å². The Bertz CT molecular complexity index is 564. The number of aryl methyl sites for hydroxylation is 2. The van der Waals surface area contributed by atoms with Gasteiger partial charge in [0.15, 0.2) is 0 Å². The Balaban J connectivity index is 1.69. The van der Waals surface area contributed by atoms with E-state index in [9.17, 15) is 4.79 Å². The highest BCUT2D eigenvalue weighted by Gasteiger charge is 2.04. The van der Waals surface area contributed by atoms with Crippen LogP contribution in [0.3, 0.4) is 0 Å². The number of alkyl carbamates (subject to hydrolysis) is 1. The molecule has 1 amide bonds. The largest absolute Gasteiger partial charge is 0.445 e. The molecule has 0 spiro atoms. The molecule has 0 aliphatic rings. The fourth-order valence-corrected chi connectivity index (χ4v) is 1.94. The van der Waals surface area contributed by atoms with E-state index in [1.54, 1.807) is 0 Å². The number of hydrogen-bond acceptors (Lipinski definition) is 3. The van der Waals surface area contributed by atoms with Crippen molar-refractivity contribution in [2.45, 2.75) is 27.0 Å². The van der Waals surface area contributed by atoms with Gasteiger partial charge in [-0.1, -0.05) is 30.3 Å². The summed E-state index contributed by atoms with van der Waals surface area (Å²) < 4.78 is 6.99. The average Bonchev–Trinajstić information content (AvgIpc) is 2.76. The molecule has 1 aromatic heterocycles. The van der Waals surface area contributed by atoms with Gasteiger partial charge in [0.1, 0.15) is 6.61 Å². The van der Waals surface area contributed by atoms with Gasteiger partial charge in [-0.2, -0.15) is 5.10 Å². The fourth-order valence-electron chi connectivity index (χ4n) is 1.94. The van der Waals surface area contributed by atoms with Crippen molar-refractivity contribution in [1.82, 2.24) is 15.1 Å². The minimum Gasteiger partial charge on any atom is -0.445 e. The van der Waals surface area contributed by atoms with Crippen LogP contribution in [0.1, 0.15) is 17.0 Å². The summed E-state index contributed by atoms with van der Waals surface area (Å²) in [6.07, 6.45) is -0.407. The third-order valence-electron chi connectivity index (χ3n) is 2.91. The van der Waals surface area contributed by atoms with Gasteiger partial charge < -0.3 is 10.1 Å². The van der Waals surface area contributed by atoms with E-state index in [4.69, 9.17) is 4.74 Å². The molecule has 1 heterocycles. The summed E-state index contributed by atoms with van der Waals surface area (Å²) in [5, 5.41) is 7.04. The number of hydrogen-bond donors (Lipinski definition) is 1. The topological polar surface area (TPSA) is 56.2 Å². The van der Waals surface area contributed by atoms with Crippen molar-refractivity contribution in [2.24, 2.45) is 0 Å². The molecular formula is C15H19N3O2. The average molecular weight is 273 g/mol. The third kappa shape index (κ3) is 4.12. The van der Waals surface area contributed by atoms with Gasteiger partial charge in [0, 0.05) is 12.2 Å². The van der Waals surface area contributed by atoms with E-state index in [0.29, 0.717) is 13.1 Å². The standard InChI is InChI=1S/C15H19N3O2/c1-12-10-13(2)18(17-12)9-8-16-15(19)20-11-14-6-4-3-5-7-14/h3-7,10H,8-9,11H2,1-2H3,(H,16,19). The zero-order chi connectivity index (χ0) is 14.4. The minimum absolute atomic E-state index is 0.284. The molecule has 0 bridgehead atoms. The van der Waals surface area contributed by atoms with Crippen molar-refractivity contribution < 1.29 is 9.53 Å². The lowest BCUT2D eigenvalue weighted by Crippen LogP contribution is -2.28. The molecule has 1 aromatic carbocycles. The Morgan fingerprint density at radius 3 is 2.70 bits per heavy atom. The smallest absolute Gasteiger partial charge is 0.407 e. The Kier molecular flexibility index (Phi) is 4.76. The molecule has 1 N–H and O–H groups in total. The Hall–Kier alpha value is -2.30. The maximum atomic E-state index is 11.5. The first kappa shape index (κ1) is 14.1. The second-order valence-electron chi connectivity index (χ2n) is 4.64. The van der Waals surface area contributed by atoms with Gasteiger partial charge >= 0.3 is 6.09 Å². The minimum atomic E-state index is -0.407. The van der Waals surface area contributed by atoms with Crippen LogP contribution in [0, 0.1) is 13.8 Å². The summed E-state index contributed by atoms with van der Waals surface area (Å²) >= 11 is 0. The highest BCUT2D eigenvalue weighted by molar-refractivity contribution is 5.67. The Labute approximate surface area is 118 Å².